The van der Waals surface area contributed by atoms with Gasteiger partial charge in [-0.05, 0) is 56.8 Å². The molecule has 166 valence electrons. The third kappa shape index (κ3) is 6.46. The predicted octanol–water partition coefficient (Wildman–Crippen LogP) is 2.66. The summed E-state index contributed by atoms with van der Waals surface area (Å²) in [6, 6.07) is 8.72. The second-order valence-electron chi connectivity index (χ2n) is 8.74. The Labute approximate surface area is 181 Å². The van der Waals surface area contributed by atoms with Crippen molar-refractivity contribution in [2.24, 2.45) is 5.92 Å². The van der Waals surface area contributed by atoms with Gasteiger partial charge in [0.15, 0.2) is 0 Å². The molecule has 2 saturated heterocycles. The fourth-order valence-electron chi connectivity index (χ4n) is 4.50. The van der Waals surface area contributed by atoms with E-state index >= 15 is 0 Å². The Morgan fingerprint density at radius 1 is 1.13 bits per heavy atom. The maximum Gasteiger partial charge on any atom is 0.224 e. The summed E-state index contributed by atoms with van der Waals surface area (Å²) in [4.78, 5) is 31.5. The first kappa shape index (κ1) is 22.6. The van der Waals surface area contributed by atoms with Crippen molar-refractivity contribution < 1.29 is 9.59 Å². The Bertz CT molecular complexity index is 700. The zero-order valence-corrected chi connectivity index (χ0v) is 18.7. The van der Waals surface area contributed by atoms with Gasteiger partial charge in [0.2, 0.25) is 11.8 Å². The molecule has 2 amide bonds. The lowest BCUT2D eigenvalue weighted by Gasteiger charge is -2.36. The van der Waals surface area contributed by atoms with Crippen LogP contribution in [0.5, 0.6) is 0 Å². The van der Waals surface area contributed by atoms with Crippen LogP contribution in [-0.4, -0.2) is 74.0 Å². The number of hydrogen-bond acceptors (Lipinski definition) is 4. The molecule has 2 fully saturated rings. The van der Waals surface area contributed by atoms with Gasteiger partial charge in [-0.25, -0.2) is 0 Å². The Morgan fingerprint density at radius 2 is 1.93 bits per heavy atom. The Morgan fingerprint density at radius 3 is 2.67 bits per heavy atom. The molecule has 3 rings (SSSR count). The second-order valence-corrected chi connectivity index (χ2v) is 8.74. The van der Waals surface area contributed by atoms with Gasteiger partial charge in [-0.15, -0.1) is 0 Å². The van der Waals surface area contributed by atoms with Crippen LogP contribution in [0.1, 0.15) is 44.6 Å². The molecule has 1 atom stereocenters. The Hall–Kier alpha value is -2.08. The summed E-state index contributed by atoms with van der Waals surface area (Å²) in [5.41, 5.74) is 2.63. The number of piperidine rings is 1. The molecule has 6 heteroatoms. The highest BCUT2D eigenvalue weighted by molar-refractivity contribution is 5.81. The molecule has 2 aliphatic heterocycles. The van der Waals surface area contributed by atoms with Crippen molar-refractivity contribution >= 4 is 17.5 Å². The lowest BCUT2D eigenvalue weighted by atomic mass is 9.96. The van der Waals surface area contributed by atoms with E-state index in [1.807, 2.05) is 11.8 Å². The number of carbonyl (C=O) groups excluding carboxylic acids is 2. The molecular weight excluding hydrogens is 376 g/mol. The molecule has 1 N–H and O–H groups in total. The van der Waals surface area contributed by atoms with Gasteiger partial charge in [-0.2, -0.15) is 0 Å². The standard InChI is InChI=1S/C24H38N4O2/c1-3-7-23(29)28-13-5-9-21(19-28)24(30)25-11-6-12-26-14-16-27(17-15-26)22-10-4-8-20(2)18-22/h4,8,10,18,21H,3,5-7,9,11-17,19H2,1-2H3,(H,25,30). The molecule has 2 heterocycles. The molecule has 6 nitrogen and oxygen atoms in total. The third-order valence-electron chi connectivity index (χ3n) is 6.30. The zero-order chi connectivity index (χ0) is 21.3. The number of likely N-dealkylation sites (tertiary alicyclic amines) is 1. The van der Waals surface area contributed by atoms with Gasteiger partial charge in [-0.1, -0.05) is 19.1 Å². The molecule has 0 bridgehead atoms. The van der Waals surface area contributed by atoms with E-state index in [4.69, 9.17) is 0 Å². The van der Waals surface area contributed by atoms with Crippen LogP contribution in [0.3, 0.4) is 0 Å². The molecule has 0 saturated carbocycles. The summed E-state index contributed by atoms with van der Waals surface area (Å²) in [7, 11) is 0. The van der Waals surface area contributed by atoms with Crippen molar-refractivity contribution in [3.63, 3.8) is 0 Å². The van der Waals surface area contributed by atoms with Gasteiger partial charge in [-0.3, -0.25) is 14.5 Å². The lowest BCUT2D eigenvalue weighted by Crippen LogP contribution is -2.47. The smallest absolute Gasteiger partial charge is 0.224 e. The summed E-state index contributed by atoms with van der Waals surface area (Å²) >= 11 is 0. The van der Waals surface area contributed by atoms with Crippen LogP contribution >= 0.6 is 0 Å². The summed E-state index contributed by atoms with van der Waals surface area (Å²) in [5.74, 6) is 0.269. The first-order valence-corrected chi connectivity index (χ1v) is 11.7. The number of piperazine rings is 1. The summed E-state index contributed by atoms with van der Waals surface area (Å²) in [6.07, 6.45) is 4.25. The quantitative estimate of drug-likeness (QED) is 0.665. The molecule has 30 heavy (non-hydrogen) atoms. The fraction of sp³-hybridized carbons (Fsp3) is 0.667. The summed E-state index contributed by atoms with van der Waals surface area (Å²) < 4.78 is 0. The van der Waals surface area contributed by atoms with Crippen molar-refractivity contribution in [1.82, 2.24) is 15.1 Å². The number of rotatable bonds is 8. The monoisotopic (exact) mass is 414 g/mol. The Kier molecular flexibility index (Phi) is 8.55. The van der Waals surface area contributed by atoms with Crippen LogP contribution in [0.2, 0.25) is 0 Å². The van der Waals surface area contributed by atoms with E-state index in [-0.39, 0.29) is 17.7 Å². The molecule has 0 aromatic heterocycles. The normalized spacial score (nSPS) is 20.3. The van der Waals surface area contributed by atoms with E-state index in [1.165, 1.54) is 11.3 Å². The molecule has 0 radical (unpaired) electrons. The SMILES string of the molecule is CCCC(=O)N1CCCC(C(=O)NCCCN2CCN(c3cccc(C)c3)CC2)C1. The van der Waals surface area contributed by atoms with Crippen molar-refractivity contribution in [3.05, 3.63) is 29.8 Å². The van der Waals surface area contributed by atoms with E-state index in [1.54, 1.807) is 0 Å². The van der Waals surface area contributed by atoms with Crippen LogP contribution in [0.15, 0.2) is 24.3 Å². The highest BCUT2D eigenvalue weighted by atomic mass is 16.2. The minimum absolute atomic E-state index is 0.0440. The number of benzene rings is 1. The fourth-order valence-corrected chi connectivity index (χ4v) is 4.50. The van der Waals surface area contributed by atoms with Crippen molar-refractivity contribution in [3.8, 4) is 0 Å². The second kappa shape index (κ2) is 11.3. The maximum absolute atomic E-state index is 12.5. The van der Waals surface area contributed by atoms with Gasteiger partial charge in [0, 0.05) is 57.9 Å². The topological polar surface area (TPSA) is 55.9 Å². The average Bonchev–Trinajstić information content (AvgIpc) is 2.77. The number of aryl methyl sites for hydroxylation is 1. The first-order chi connectivity index (χ1) is 14.6. The predicted molar refractivity (Wildman–Crippen MR) is 122 cm³/mol. The molecule has 1 unspecified atom stereocenters. The van der Waals surface area contributed by atoms with Crippen LogP contribution in [0.4, 0.5) is 5.69 Å². The van der Waals surface area contributed by atoms with E-state index in [9.17, 15) is 9.59 Å². The molecule has 0 spiro atoms. The van der Waals surface area contributed by atoms with Crippen molar-refractivity contribution in [2.75, 3.05) is 57.3 Å². The largest absolute Gasteiger partial charge is 0.369 e. The number of carbonyl (C=O) groups is 2. The van der Waals surface area contributed by atoms with Crippen LogP contribution in [0, 0.1) is 12.8 Å². The van der Waals surface area contributed by atoms with E-state index < -0.39 is 0 Å². The summed E-state index contributed by atoms with van der Waals surface area (Å²) in [6.45, 7) is 11.5. The van der Waals surface area contributed by atoms with E-state index in [0.717, 1.165) is 71.5 Å². The number of hydrogen-bond donors (Lipinski definition) is 1. The minimum Gasteiger partial charge on any atom is -0.369 e. The van der Waals surface area contributed by atoms with Crippen LogP contribution in [-0.2, 0) is 9.59 Å². The molecular formula is C24H38N4O2. The number of amides is 2. The highest BCUT2D eigenvalue weighted by Crippen LogP contribution is 2.19. The van der Waals surface area contributed by atoms with Crippen molar-refractivity contribution in [1.29, 1.82) is 0 Å². The van der Waals surface area contributed by atoms with Crippen LogP contribution in [0.25, 0.3) is 0 Å². The highest BCUT2D eigenvalue weighted by Gasteiger charge is 2.27. The number of nitrogens with zero attached hydrogens (tertiary/aromatic N) is 3. The molecule has 2 aliphatic rings. The molecule has 1 aromatic rings. The average molecular weight is 415 g/mol. The van der Waals surface area contributed by atoms with E-state index in [2.05, 4.69) is 46.3 Å². The zero-order valence-electron chi connectivity index (χ0n) is 18.7. The van der Waals surface area contributed by atoms with Gasteiger partial charge < -0.3 is 15.1 Å². The van der Waals surface area contributed by atoms with Gasteiger partial charge in [0.1, 0.15) is 0 Å². The maximum atomic E-state index is 12.5. The number of anilines is 1. The molecule has 1 aromatic carbocycles. The van der Waals surface area contributed by atoms with Gasteiger partial charge in [0.05, 0.1) is 5.92 Å². The number of nitrogens with one attached hydrogen (secondary N) is 1. The van der Waals surface area contributed by atoms with Gasteiger partial charge >= 0.3 is 0 Å². The lowest BCUT2D eigenvalue weighted by molar-refractivity contribution is -0.135. The van der Waals surface area contributed by atoms with E-state index in [0.29, 0.717) is 13.0 Å². The minimum atomic E-state index is -0.0440. The van der Waals surface area contributed by atoms with Crippen molar-refractivity contribution in [2.45, 2.75) is 46.0 Å². The van der Waals surface area contributed by atoms with Crippen LogP contribution < -0.4 is 10.2 Å². The first-order valence-electron chi connectivity index (χ1n) is 11.7. The third-order valence-corrected chi connectivity index (χ3v) is 6.30. The van der Waals surface area contributed by atoms with Gasteiger partial charge in [0.25, 0.3) is 0 Å². The Balaban J connectivity index is 1.31. The molecule has 0 aliphatic carbocycles. The summed E-state index contributed by atoms with van der Waals surface area (Å²) in [5, 5.41) is 3.11.